The van der Waals surface area contributed by atoms with E-state index in [1.165, 1.54) is 12.4 Å². The summed E-state index contributed by atoms with van der Waals surface area (Å²) >= 11 is 0. The average Bonchev–Trinajstić information content (AvgIpc) is 3.30. The first kappa shape index (κ1) is 23.8. The number of nitrogens with two attached hydrogens (primary N) is 1. The average molecular weight is 502 g/mol. The number of hydrogen-bond donors (Lipinski definition) is 2. The van der Waals surface area contributed by atoms with Gasteiger partial charge in [-0.15, -0.1) is 0 Å². The van der Waals surface area contributed by atoms with Gasteiger partial charge in [-0.2, -0.15) is 5.10 Å². The van der Waals surface area contributed by atoms with E-state index < -0.39 is 5.82 Å². The van der Waals surface area contributed by atoms with Crippen molar-refractivity contribution in [2.75, 3.05) is 25.4 Å². The number of halogens is 1. The lowest BCUT2D eigenvalue weighted by Gasteiger charge is -2.41. The van der Waals surface area contributed by atoms with Gasteiger partial charge in [-0.1, -0.05) is 18.2 Å². The van der Waals surface area contributed by atoms with E-state index >= 15 is 4.39 Å². The van der Waals surface area contributed by atoms with Gasteiger partial charge in [0.25, 0.3) is 0 Å². The molecule has 0 bridgehead atoms. The number of anilines is 1. The van der Waals surface area contributed by atoms with Crippen molar-refractivity contribution in [1.82, 2.24) is 30.0 Å². The number of nitrogen functional groups attached to an aromatic ring is 1. The Kier molecular flexibility index (Phi) is 6.48. The van der Waals surface area contributed by atoms with E-state index in [0.717, 1.165) is 45.3 Å². The van der Waals surface area contributed by atoms with Crippen LogP contribution in [0, 0.1) is 5.82 Å². The maximum Gasteiger partial charge on any atom is 0.164 e. The summed E-state index contributed by atoms with van der Waals surface area (Å²) in [6, 6.07) is 15.4. The number of ether oxygens (including phenoxy) is 1. The Morgan fingerprint density at radius 1 is 1.00 bits per heavy atom. The van der Waals surface area contributed by atoms with E-state index in [2.05, 4.69) is 27.1 Å². The highest BCUT2D eigenvalue weighted by molar-refractivity contribution is 5.98. The molecule has 0 unspecified atom stereocenters. The Morgan fingerprint density at radius 2 is 1.78 bits per heavy atom. The molecule has 3 heterocycles. The van der Waals surface area contributed by atoms with Gasteiger partial charge >= 0.3 is 0 Å². The van der Waals surface area contributed by atoms with Crippen molar-refractivity contribution >= 4 is 16.9 Å². The van der Waals surface area contributed by atoms with Crippen LogP contribution in [0.4, 0.5) is 10.2 Å². The number of piperazine rings is 1. The molecule has 2 aliphatic rings. The smallest absolute Gasteiger partial charge is 0.164 e. The topological polar surface area (TPSA) is 94.1 Å². The second kappa shape index (κ2) is 10.1. The van der Waals surface area contributed by atoms with E-state index in [0.29, 0.717) is 51.7 Å². The SMILES string of the molecule is C[C@@H]1CN([C@H]2CC[C@H](n3nc(-c4ccc(Oc5ccccc5)cc4F)c4c(N)ncnc43)CC2)CCN1. The standard InChI is InChI=1S/C28H32FN7O/c1-18-16-35(14-13-31-18)19-7-9-20(10-8-19)36-28-25(27(30)32-17-33-28)26(34-36)23-12-11-22(15-24(23)29)37-21-5-3-2-4-6-21/h2-6,11-12,15,17-20,31H,7-10,13-14,16H2,1H3,(H2,30,32,33)/t18-,19-,20-/m1/s1. The maximum absolute atomic E-state index is 15.4. The number of fused-ring (bicyclic) bond motifs is 1. The van der Waals surface area contributed by atoms with Crippen molar-refractivity contribution < 1.29 is 9.13 Å². The number of nitrogens with one attached hydrogen (secondary N) is 1. The van der Waals surface area contributed by atoms with Crippen LogP contribution < -0.4 is 15.8 Å². The van der Waals surface area contributed by atoms with Gasteiger partial charge in [0, 0.05) is 43.3 Å². The van der Waals surface area contributed by atoms with E-state index in [9.17, 15) is 0 Å². The van der Waals surface area contributed by atoms with Gasteiger partial charge in [-0.3, -0.25) is 4.90 Å². The molecule has 0 amide bonds. The molecule has 0 radical (unpaired) electrons. The molecule has 2 fully saturated rings. The van der Waals surface area contributed by atoms with Crippen molar-refractivity contribution in [3.05, 3.63) is 60.7 Å². The summed E-state index contributed by atoms with van der Waals surface area (Å²) in [6.07, 6.45) is 5.66. The second-order valence-corrected chi connectivity index (χ2v) is 10.1. The minimum absolute atomic E-state index is 0.186. The summed E-state index contributed by atoms with van der Waals surface area (Å²) in [7, 11) is 0. The number of para-hydroxylation sites is 1. The van der Waals surface area contributed by atoms with Gasteiger partial charge in [-0.25, -0.2) is 19.0 Å². The Labute approximate surface area is 215 Å². The summed E-state index contributed by atoms with van der Waals surface area (Å²) < 4.78 is 23.2. The lowest BCUT2D eigenvalue weighted by atomic mass is 9.89. The maximum atomic E-state index is 15.4. The van der Waals surface area contributed by atoms with Crippen LogP contribution >= 0.6 is 0 Å². The van der Waals surface area contributed by atoms with E-state index in [-0.39, 0.29) is 6.04 Å². The number of benzene rings is 2. The fraction of sp³-hybridized carbons (Fsp3) is 0.393. The molecule has 192 valence electrons. The van der Waals surface area contributed by atoms with Crippen LogP contribution in [0.2, 0.25) is 0 Å². The molecular weight excluding hydrogens is 469 g/mol. The van der Waals surface area contributed by atoms with Crippen LogP contribution in [0.5, 0.6) is 11.5 Å². The molecule has 0 spiro atoms. The summed E-state index contributed by atoms with van der Waals surface area (Å²) in [5.74, 6) is 0.937. The minimum Gasteiger partial charge on any atom is -0.457 e. The number of hydrogen-bond acceptors (Lipinski definition) is 7. The van der Waals surface area contributed by atoms with Crippen LogP contribution in [-0.4, -0.2) is 56.4 Å². The first-order valence-electron chi connectivity index (χ1n) is 13.1. The van der Waals surface area contributed by atoms with Gasteiger partial charge in [0.2, 0.25) is 0 Å². The normalized spacial score (nSPS) is 22.8. The molecule has 1 aliphatic carbocycles. The summed E-state index contributed by atoms with van der Waals surface area (Å²) in [6.45, 7) is 5.49. The molecule has 8 nitrogen and oxygen atoms in total. The summed E-state index contributed by atoms with van der Waals surface area (Å²) in [5, 5.41) is 9.02. The monoisotopic (exact) mass is 501 g/mol. The quantitative estimate of drug-likeness (QED) is 0.406. The molecule has 9 heteroatoms. The molecule has 1 saturated carbocycles. The molecule has 2 aromatic carbocycles. The van der Waals surface area contributed by atoms with Gasteiger partial charge < -0.3 is 15.8 Å². The van der Waals surface area contributed by atoms with Crippen molar-refractivity contribution in [3.63, 3.8) is 0 Å². The third-order valence-electron chi connectivity index (χ3n) is 7.62. The minimum atomic E-state index is -0.431. The third kappa shape index (κ3) is 4.76. The Hall–Kier alpha value is -3.56. The van der Waals surface area contributed by atoms with Crippen LogP contribution in [-0.2, 0) is 0 Å². The molecule has 1 aliphatic heterocycles. The molecule has 4 aromatic rings. The van der Waals surface area contributed by atoms with Crippen LogP contribution in [0.25, 0.3) is 22.3 Å². The van der Waals surface area contributed by atoms with Crippen LogP contribution in [0.15, 0.2) is 54.9 Å². The predicted octanol–water partition coefficient (Wildman–Crippen LogP) is 4.78. The van der Waals surface area contributed by atoms with Gasteiger partial charge in [0.15, 0.2) is 5.65 Å². The molecule has 3 N–H and O–H groups in total. The molecule has 2 aromatic heterocycles. The Morgan fingerprint density at radius 3 is 2.54 bits per heavy atom. The Bertz CT molecular complexity index is 1380. The highest BCUT2D eigenvalue weighted by atomic mass is 19.1. The van der Waals surface area contributed by atoms with Gasteiger partial charge in [-0.05, 0) is 56.9 Å². The number of aromatic nitrogens is 4. The van der Waals surface area contributed by atoms with Crippen molar-refractivity contribution in [2.24, 2.45) is 0 Å². The molecular formula is C28H32FN7O. The van der Waals surface area contributed by atoms with Gasteiger partial charge in [0.05, 0.1) is 11.4 Å². The van der Waals surface area contributed by atoms with Crippen molar-refractivity contribution in [2.45, 2.75) is 50.7 Å². The van der Waals surface area contributed by atoms with Crippen LogP contribution in [0.3, 0.4) is 0 Å². The second-order valence-electron chi connectivity index (χ2n) is 10.1. The molecule has 1 atom stereocenters. The zero-order valence-electron chi connectivity index (χ0n) is 21.0. The van der Waals surface area contributed by atoms with E-state index in [1.807, 2.05) is 35.0 Å². The lowest BCUT2D eigenvalue weighted by molar-refractivity contribution is 0.105. The summed E-state index contributed by atoms with van der Waals surface area (Å²) in [4.78, 5) is 11.3. The van der Waals surface area contributed by atoms with E-state index in [1.54, 1.807) is 12.1 Å². The first-order valence-corrected chi connectivity index (χ1v) is 13.1. The van der Waals surface area contributed by atoms with E-state index in [4.69, 9.17) is 15.6 Å². The largest absolute Gasteiger partial charge is 0.457 e. The molecule has 6 rings (SSSR count). The third-order valence-corrected chi connectivity index (χ3v) is 7.62. The zero-order chi connectivity index (χ0) is 25.4. The predicted molar refractivity (Wildman–Crippen MR) is 142 cm³/mol. The highest BCUT2D eigenvalue weighted by Crippen LogP contribution is 2.38. The van der Waals surface area contributed by atoms with Crippen molar-refractivity contribution in [1.29, 1.82) is 0 Å². The van der Waals surface area contributed by atoms with Crippen molar-refractivity contribution in [3.8, 4) is 22.8 Å². The van der Waals surface area contributed by atoms with Gasteiger partial charge in [0.1, 0.15) is 35.2 Å². The fourth-order valence-electron chi connectivity index (χ4n) is 5.78. The summed E-state index contributed by atoms with van der Waals surface area (Å²) in [5.41, 5.74) is 7.77. The zero-order valence-corrected chi connectivity index (χ0v) is 21.0. The molecule has 1 saturated heterocycles. The molecule has 37 heavy (non-hydrogen) atoms. The van der Waals surface area contributed by atoms with Crippen LogP contribution in [0.1, 0.15) is 38.6 Å². The lowest BCUT2D eigenvalue weighted by Crippen LogP contribution is -2.53. The first-order chi connectivity index (χ1) is 18.1. The number of rotatable bonds is 5. The Balaban J connectivity index is 1.28. The highest BCUT2D eigenvalue weighted by Gasteiger charge is 2.31. The fourth-order valence-corrected chi connectivity index (χ4v) is 5.78. The number of nitrogens with zero attached hydrogens (tertiary/aromatic N) is 5.